The van der Waals surface area contributed by atoms with Gasteiger partial charge in [-0.3, -0.25) is 4.79 Å². The Labute approximate surface area is 186 Å². The average molecular weight is 420 g/mol. The minimum absolute atomic E-state index is 0.0153. The van der Waals surface area contributed by atoms with Gasteiger partial charge in [-0.25, -0.2) is 4.79 Å². The van der Waals surface area contributed by atoms with E-state index in [0.717, 1.165) is 11.1 Å². The third-order valence-corrected chi connectivity index (χ3v) is 5.34. The molecular formula is C27H20N2O3. The van der Waals surface area contributed by atoms with Crippen LogP contribution in [0.1, 0.15) is 39.4 Å². The molecule has 1 N–H and O–H groups in total. The first-order valence-corrected chi connectivity index (χ1v) is 10.3. The fraction of sp³-hybridized carbons (Fsp3) is 0.148. The van der Waals surface area contributed by atoms with Gasteiger partial charge in [0.25, 0.3) is 0 Å². The standard InChI is InChI=1S/C27H20N2O3/c28-16-15-26(30)20-13-11-19(12-14-20)6-5-17-29-27(31)32-18-25-23-9-3-1-7-21(23)22-8-2-4-10-24(22)25/h1-4,7-14,25H,15,17-18H2,(H,29,31). The van der Waals surface area contributed by atoms with Crippen molar-refractivity contribution in [1.29, 1.82) is 5.26 Å². The van der Waals surface area contributed by atoms with Crippen LogP contribution in [0.3, 0.4) is 0 Å². The molecule has 0 heterocycles. The summed E-state index contributed by atoms with van der Waals surface area (Å²) in [6.45, 7) is 0.400. The number of fused-ring (bicyclic) bond motifs is 3. The Morgan fingerprint density at radius 2 is 1.53 bits per heavy atom. The van der Waals surface area contributed by atoms with E-state index in [9.17, 15) is 9.59 Å². The first-order chi connectivity index (χ1) is 15.7. The lowest BCUT2D eigenvalue weighted by Gasteiger charge is -2.14. The molecule has 0 aliphatic heterocycles. The quantitative estimate of drug-likeness (QED) is 0.480. The van der Waals surface area contributed by atoms with E-state index in [1.165, 1.54) is 11.1 Å². The maximum absolute atomic E-state index is 12.2. The van der Waals surface area contributed by atoms with Crippen LogP contribution in [0, 0.1) is 23.2 Å². The van der Waals surface area contributed by atoms with Crippen LogP contribution in [-0.2, 0) is 4.74 Å². The molecule has 0 spiro atoms. The summed E-state index contributed by atoms with van der Waals surface area (Å²) in [6, 6.07) is 24.9. The Kier molecular flexibility index (Phi) is 6.30. The second-order valence-corrected chi connectivity index (χ2v) is 7.32. The fourth-order valence-electron chi connectivity index (χ4n) is 3.83. The summed E-state index contributed by atoms with van der Waals surface area (Å²) in [5.41, 5.74) is 5.89. The molecular weight excluding hydrogens is 400 g/mol. The number of Topliss-reactive ketones (excluding diaryl/α,β-unsaturated/α-hetero) is 1. The Morgan fingerprint density at radius 3 is 2.16 bits per heavy atom. The van der Waals surface area contributed by atoms with E-state index >= 15 is 0 Å². The topological polar surface area (TPSA) is 79.2 Å². The lowest BCUT2D eigenvalue weighted by Crippen LogP contribution is -2.26. The Morgan fingerprint density at radius 1 is 0.906 bits per heavy atom. The Bertz CT molecular complexity index is 1210. The number of amides is 1. The number of nitrogens with one attached hydrogen (secondary N) is 1. The first-order valence-electron chi connectivity index (χ1n) is 10.3. The first kappa shape index (κ1) is 20.9. The number of ether oxygens (including phenoxy) is 1. The number of alkyl carbamates (subject to hydrolysis) is 1. The Balaban J connectivity index is 1.30. The van der Waals surface area contributed by atoms with Gasteiger partial charge >= 0.3 is 6.09 Å². The van der Waals surface area contributed by atoms with Gasteiger partial charge in [0.2, 0.25) is 0 Å². The van der Waals surface area contributed by atoms with E-state index in [4.69, 9.17) is 10.00 Å². The zero-order valence-corrected chi connectivity index (χ0v) is 17.3. The van der Waals surface area contributed by atoms with Crippen molar-refractivity contribution in [2.75, 3.05) is 13.2 Å². The van der Waals surface area contributed by atoms with Crippen LogP contribution in [0.15, 0.2) is 72.8 Å². The van der Waals surface area contributed by atoms with E-state index in [1.807, 2.05) is 30.3 Å². The van der Waals surface area contributed by atoms with Gasteiger partial charge < -0.3 is 10.1 Å². The van der Waals surface area contributed by atoms with Crippen molar-refractivity contribution in [3.8, 4) is 29.0 Å². The van der Waals surface area contributed by atoms with Crippen molar-refractivity contribution in [1.82, 2.24) is 5.32 Å². The van der Waals surface area contributed by atoms with E-state index in [2.05, 4.69) is 41.4 Å². The monoisotopic (exact) mass is 420 g/mol. The van der Waals surface area contributed by atoms with Crippen LogP contribution in [0.25, 0.3) is 11.1 Å². The summed E-state index contributed by atoms with van der Waals surface area (Å²) >= 11 is 0. The molecule has 32 heavy (non-hydrogen) atoms. The molecule has 1 amide bonds. The summed E-state index contributed by atoms with van der Waals surface area (Å²) in [5, 5.41) is 11.2. The molecule has 0 radical (unpaired) electrons. The number of hydrogen-bond acceptors (Lipinski definition) is 4. The molecule has 0 atom stereocenters. The molecule has 3 aromatic rings. The van der Waals surface area contributed by atoms with E-state index in [-0.39, 0.29) is 31.3 Å². The van der Waals surface area contributed by atoms with Gasteiger partial charge in [0, 0.05) is 17.0 Å². The van der Waals surface area contributed by atoms with Crippen LogP contribution >= 0.6 is 0 Å². The maximum Gasteiger partial charge on any atom is 0.407 e. The molecule has 0 bridgehead atoms. The second kappa shape index (κ2) is 9.64. The molecule has 5 heteroatoms. The highest BCUT2D eigenvalue weighted by Gasteiger charge is 2.28. The number of carbonyl (C=O) groups excluding carboxylic acids is 2. The van der Waals surface area contributed by atoms with Crippen molar-refractivity contribution in [2.24, 2.45) is 0 Å². The second-order valence-electron chi connectivity index (χ2n) is 7.32. The van der Waals surface area contributed by atoms with Crippen LogP contribution < -0.4 is 5.32 Å². The largest absolute Gasteiger partial charge is 0.449 e. The van der Waals surface area contributed by atoms with Gasteiger partial charge in [0.1, 0.15) is 6.61 Å². The van der Waals surface area contributed by atoms with Crippen LogP contribution in [0.4, 0.5) is 4.79 Å². The molecule has 3 aromatic carbocycles. The molecule has 0 fully saturated rings. The van der Waals surface area contributed by atoms with E-state index < -0.39 is 6.09 Å². The fourth-order valence-corrected chi connectivity index (χ4v) is 3.83. The molecule has 0 saturated carbocycles. The van der Waals surface area contributed by atoms with E-state index in [0.29, 0.717) is 11.1 Å². The highest BCUT2D eigenvalue weighted by Crippen LogP contribution is 2.44. The van der Waals surface area contributed by atoms with Crippen molar-refractivity contribution < 1.29 is 14.3 Å². The molecule has 4 rings (SSSR count). The molecule has 0 aromatic heterocycles. The number of hydrogen-bond donors (Lipinski definition) is 1. The van der Waals surface area contributed by atoms with Gasteiger partial charge in [0.15, 0.2) is 5.78 Å². The minimum Gasteiger partial charge on any atom is -0.449 e. The zero-order valence-electron chi connectivity index (χ0n) is 17.3. The van der Waals surface area contributed by atoms with Gasteiger partial charge in [-0.2, -0.15) is 5.26 Å². The van der Waals surface area contributed by atoms with Crippen molar-refractivity contribution >= 4 is 11.9 Å². The predicted molar refractivity (Wildman–Crippen MR) is 121 cm³/mol. The number of benzene rings is 3. The third-order valence-electron chi connectivity index (χ3n) is 5.34. The van der Waals surface area contributed by atoms with Gasteiger partial charge in [-0.05, 0) is 34.4 Å². The minimum atomic E-state index is -0.515. The van der Waals surface area contributed by atoms with Crippen molar-refractivity contribution in [2.45, 2.75) is 12.3 Å². The number of rotatable bonds is 5. The lowest BCUT2D eigenvalue weighted by molar-refractivity contribution is 0.0997. The smallest absolute Gasteiger partial charge is 0.407 e. The highest BCUT2D eigenvalue weighted by atomic mass is 16.5. The SMILES string of the molecule is N#CCC(=O)c1ccc(C#CCNC(=O)OCC2c3ccccc3-c3ccccc32)cc1. The van der Waals surface area contributed by atoms with Crippen molar-refractivity contribution in [3.05, 3.63) is 95.1 Å². The number of nitrogens with zero attached hydrogens (tertiary/aromatic N) is 1. The Hall–Kier alpha value is -4.35. The van der Waals surface area contributed by atoms with Crippen LogP contribution in [0.2, 0.25) is 0 Å². The maximum atomic E-state index is 12.2. The predicted octanol–water partition coefficient (Wildman–Crippen LogP) is 4.67. The molecule has 1 aliphatic rings. The number of carbonyl (C=O) groups is 2. The summed E-state index contributed by atoms with van der Waals surface area (Å²) in [7, 11) is 0. The van der Waals surface area contributed by atoms with Crippen LogP contribution in [0.5, 0.6) is 0 Å². The number of ketones is 1. The van der Waals surface area contributed by atoms with E-state index in [1.54, 1.807) is 24.3 Å². The highest BCUT2D eigenvalue weighted by molar-refractivity contribution is 5.97. The van der Waals surface area contributed by atoms with Gasteiger partial charge in [-0.1, -0.05) is 72.5 Å². The summed E-state index contributed by atoms with van der Waals surface area (Å²) in [6.07, 6.45) is -0.659. The third kappa shape index (κ3) is 4.53. The molecule has 5 nitrogen and oxygen atoms in total. The van der Waals surface area contributed by atoms with Crippen molar-refractivity contribution in [3.63, 3.8) is 0 Å². The molecule has 1 aliphatic carbocycles. The lowest BCUT2D eigenvalue weighted by atomic mass is 9.98. The summed E-state index contributed by atoms with van der Waals surface area (Å²) in [5.74, 6) is 5.59. The van der Waals surface area contributed by atoms with Gasteiger partial charge in [0.05, 0.1) is 19.0 Å². The average Bonchev–Trinajstić information content (AvgIpc) is 3.15. The number of nitriles is 1. The normalized spacial score (nSPS) is 11.3. The zero-order chi connectivity index (χ0) is 22.3. The molecule has 0 saturated heterocycles. The molecule has 156 valence electrons. The summed E-state index contributed by atoms with van der Waals surface area (Å²) in [4.78, 5) is 23.8. The van der Waals surface area contributed by atoms with Gasteiger partial charge in [-0.15, -0.1) is 0 Å². The van der Waals surface area contributed by atoms with Crippen LogP contribution in [-0.4, -0.2) is 25.0 Å². The molecule has 0 unspecified atom stereocenters. The summed E-state index contributed by atoms with van der Waals surface area (Å²) < 4.78 is 5.48.